The number of anilines is 3. The number of urea groups is 2. The monoisotopic (exact) mass is 631 g/mol. The summed E-state index contributed by atoms with van der Waals surface area (Å²) in [6, 6.07) is 11.9. The van der Waals surface area contributed by atoms with Crippen molar-refractivity contribution in [1.29, 1.82) is 0 Å². The number of hydrogen-bond acceptors (Lipinski definition) is 5. The zero-order chi connectivity index (χ0) is 32.9. The van der Waals surface area contributed by atoms with E-state index in [1.54, 1.807) is 6.92 Å². The van der Waals surface area contributed by atoms with E-state index in [2.05, 4.69) is 16.0 Å². The SMILES string of the molecule is C[C@H](CO)N1C[C@H](C)[C@@H](CN(C)C(=O)Nc2ccc(C(F)(F)F)cc2)Oc2ccc(NC(=O)Nc3ccc(F)cc3)cc2C1=O. The van der Waals surface area contributed by atoms with Crippen LogP contribution in [0.2, 0.25) is 0 Å². The Morgan fingerprint density at radius 3 is 2.20 bits per heavy atom. The van der Waals surface area contributed by atoms with Crippen molar-refractivity contribution < 1.29 is 41.8 Å². The predicted molar refractivity (Wildman–Crippen MR) is 160 cm³/mol. The lowest BCUT2D eigenvalue weighted by Gasteiger charge is -2.38. The van der Waals surface area contributed by atoms with Crippen molar-refractivity contribution >= 4 is 35.0 Å². The zero-order valence-electron chi connectivity index (χ0n) is 24.7. The summed E-state index contributed by atoms with van der Waals surface area (Å²) in [7, 11) is 1.50. The van der Waals surface area contributed by atoms with Crippen LogP contribution in [0.15, 0.2) is 66.7 Å². The molecule has 0 bridgehead atoms. The molecule has 0 spiro atoms. The van der Waals surface area contributed by atoms with Crippen LogP contribution in [0.5, 0.6) is 5.75 Å². The lowest BCUT2D eigenvalue weighted by molar-refractivity contribution is -0.137. The molecular weight excluding hydrogens is 598 g/mol. The van der Waals surface area contributed by atoms with E-state index >= 15 is 0 Å². The number of rotatable bonds is 7. The van der Waals surface area contributed by atoms with Crippen molar-refractivity contribution in [3.8, 4) is 5.75 Å². The Bertz CT molecular complexity index is 1520. The van der Waals surface area contributed by atoms with Gasteiger partial charge in [-0.2, -0.15) is 13.2 Å². The minimum Gasteiger partial charge on any atom is -0.487 e. The summed E-state index contributed by atoms with van der Waals surface area (Å²) in [6.45, 7) is 3.41. The fourth-order valence-electron chi connectivity index (χ4n) is 4.66. The summed E-state index contributed by atoms with van der Waals surface area (Å²) < 4.78 is 58.1. The van der Waals surface area contributed by atoms with Crippen molar-refractivity contribution in [3.05, 3.63) is 83.7 Å². The molecule has 3 aromatic carbocycles. The molecule has 0 saturated carbocycles. The highest BCUT2D eigenvalue weighted by Gasteiger charge is 2.34. The maximum absolute atomic E-state index is 13.6. The van der Waals surface area contributed by atoms with Crippen LogP contribution < -0.4 is 20.7 Å². The molecule has 45 heavy (non-hydrogen) atoms. The Morgan fingerprint density at radius 1 is 1.00 bits per heavy atom. The number of nitrogens with zero attached hydrogens (tertiary/aromatic N) is 2. The number of benzene rings is 3. The van der Waals surface area contributed by atoms with Crippen LogP contribution >= 0.6 is 0 Å². The molecule has 10 nitrogen and oxygen atoms in total. The molecule has 3 aromatic rings. The minimum atomic E-state index is -4.50. The quantitative estimate of drug-likeness (QED) is 0.243. The molecule has 0 aromatic heterocycles. The topological polar surface area (TPSA) is 123 Å². The fraction of sp³-hybridized carbons (Fsp3) is 0.323. The van der Waals surface area contributed by atoms with Gasteiger partial charge in [0.25, 0.3) is 5.91 Å². The summed E-state index contributed by atoms with van der Waals surface area (Å²) in [5, 5.41) is 17.6. The Labute approximate surface area is 257 Å². The number of aliphatic hydroxyl groups excluding tert-OH is 1. The van der Waals surface area contributed by atoms with E-state index in [9.17, 15) is 37.1 Å². The molecule has 240 valence electrons. The number of carbonyl (C=O) groups is 3. The molecule has 1 aliphatic rings. The van der Waals surface area contributed by atoms with Gasteiger partial charge in [0.15, 0.2) is 0 Å². The van der Waals surface area contributed by atoms with Gasteiger partial charge < -0.3 is 35.6 Å². The van der Waals surface area contributed by atoms with Crippen LogP contribution in [0.1, 0.15) is 29.8 Å². The van der Waals surface area contributed by atoms with E-state index in [1.807, 2.05) is 6.92 Å². The van der Waals surface area contributed by atoms with Crippen LogP contribution in [-0.4, -0.2) is 71.8 Å². The van der Waals surface area contributed by atoms with Gasteiger partial charge in [0, 0.05) is 36.6 Å². The van der Waals surface area contributed by atoms with Gasteiger partial charge in [-0.25, -0.2) is 14.0 Å². The largest absolute Gasteiger partial charge is 0.487 e. The summed E-state index contributed by atoms with van der Waals surface area (Å²) in [4.78, 5) is 41.9. The van der Waals surface area contributed by atoms with E-state index in [0.29, 0.717) is 5.69 Å². The van der Waals surface area contributed by atoms with Gasteiger partial charge in [-0.15, -0.1) is 0 Å². The molecule has 1 heterocycles. The van der Waals surface area contributed by atoms with Gasteiger partial charge in [-0.3, -0.25) is 4.79 Å². The molecule has 0 aliphatic carbocycles. The minimum absolute atomic E-state index is 0.0443. The molecule has 4 N–H and O–H groups in total. The lowest BCUT2D eigenvalue weighted by atomic mass is 9.99. The maximum Gasteiger partial charge on any atom is 0.416 e. The van der Waals surface area contributed by atoms with Gasteiger partial charge in [0.2, 0.25) is 0 Å². The number of carbonyl (C=O) groups excluding carboxylic acids is 3. The number of likely N-dealkylation sites (N-methyl/N-ethyl adjacent to an activating group) is 1. The maximum atomic E-state index is 13.6. The lowest BCUT2D eigenvalue weighted by Crippen LogP contribution is -2.50. The number of alkyl halides is 3. The van der Waals surface area contributed by atoms with Gasteiger partial charge in [-0.1, -0.05) is 6.92 Å². The van der Waals surface area contributed by atoms with Crippen LogP contribution in [0, 0.1) is 11.7 Å². The first-order valence-electron chi connectivity index (χ1n) is 14.0. The highest BCUT2D eigenvalue weighted by Crippen LogP contribution is 2.32. The first-order chi connectivity index (χ1) is 21.2. The van der Waals surface area contributed by atoms with E-state index < -0.39 is 47.7 Å². The average molecular weight is 632 g/mol. The molecule has 0 radical (unpaired) electrons. The third-order valence-corrected chi connectivity index (χ3v) is 7.29. The number of nitrogens with one attached hydrogen (secondary N) is 3. The number of halogens is 4. The van der Waals surface area contributed by atoms with E-state index in [0.717, 1.165) is 24.3 Å². The average Bonchev–Trinajstić information content (AvgIpc) is 2.99. The van der Waals surface area contributed by atoms with Crippen molar-refractivity contribution in [2.24, 2.45) is 5.92 Å². The molecule has 1 aliphatic heterocycles. The van der Waals surface area contributed by atoms with Crippen LogP contribution in [-0.2, 0) is 6.18 Å². The Balaban J connectivity index is 1.52. The van der Waals surface area contributed by atoms with E-state index in [4.69, 9.17) is 4.74 Å². The van der Waals surface area contributed by atoms with Crippen LogP contribution in [0.4, 0.5) is 44.2 Å². The Morgan fingerprint density at radius 2 is 1.58 bits per heavy atom. The van der Waals surface area contributed by atoms with Gasteiger partial charge in [0.05, 0.1) is 30.3 Å². The summed E-state index contributed by atoms with van der Waals surface area (Å²) in [5.74, 6) is -1.03. The molecule has 14 heteroatoms. The second kappa shape index (κ2) is 13.8. The zero-order valence-corrected chi connectivity index (χ0v) is 24.7. The molecule has 5 amide bonds. The summed E-state index contributed by atoms with van der Waals surface area (Å²) in [6.07, 6.45) is -5.15. The van der Waals surface area contributed by atoms with E-state index in [1.165, 1.54) is 59.3 Å². The highest BCUT2D eigenvalue weighted by atomic mass is 19.4. The molecule has 0 saturated heterocycles. The second-order valence-corrected chi connectivity index (χ2v) is 10.8. The third-order valence-electron chi connectivity index (χ3n) is 7.29. The number of aliphatic hydroxyl groups is 1. The van der Waals surface area contributed by atoms with Crippen molar-refractivity contribution in [3.63, 3.8) is 0 Å². The van der Waals surface area contributed by atoms with Gasteiger partial charge >= 0.3 is 18.2 Å². The van der Waals surface area contributed by atoms with Gasteiger partial charge in [0.1, 0.15) is 17.7 Å². The number of ether oxygens (including phenoxy) is 1. The normalized spacial score (nSPS) is 17.2. The van der Waals surface area contributed by atoms with Crippen LogP contribution in [0.25, 0.3) is 0 Å². The summed E-state index contributed by atoms with van der Waals surface area (Å²) in [5.41, 5.74) is 0.0655. The van der Waals surface area contributed by atoms with Gasteiger partial charge in [-0.05, 0) is 73.7 Å². The fourth-order valence-corrected chi connectivity index (χ4v) is 4.66. The van der Waals surface area contributed by atoms with Crippen molar-refractivity contribution in [2.45, 2.75) is 32.2 Å². The third kappa shape index (κ3) is 8.41. The smallest absolute Gasteiger partial charge is 0.416 e. The first-order valence-corrected chi connectivity index (χ1v) is 14.0. The highest BCUT2D eigenvalue weighted by molar-refractivity contribution is 6.02. The number of hydrogen-bond donors (Lipinski definition) is 4. The predicted octanol–water partition coefficient (Wildman–Crippen LogP) is 5.87. The van der Waals surface area contributed by atoms with Crippen molar-refractivity contribution in [1.82, 2.24) is 9.80 Å². The number of amides is 5. The number of fused-ring (bicyclic) bond motifs is 1. The standard InChI is InChI=1S/C31H33F4N5O5/c1-18-15-40(19(2)17-41)28(42)25-14-24(37-29(43)36-22-10-6-21(32)7-11-22)12-13-26(25)45-27(18)16-39(3)30(44)38-23-8-4-20(5-9-23)31(33,34)35/h4-14,18-19,27,41H,15-17H2,1-3H3,(H,38,44)(H2,36,37,43)/t18-,19+,27+/m0/s1. The van der Waals surface area contributed by atoms with E-state index in [-0.39, 0.29) is 48.3 Å². The summed E-state index contributed by atoms with van der Waals surface area (Å²) >= 11 is 0. The molecule has 3 atom stereocenters. The van der Waals surface area contributed by atoms with Crippen molar-refractivity contribution in [2.75, 3.05) is 42.7 Å². The molecule has 0 unspecified atom stereocenters. The molecule has 0 fully saturated rings. The first kappa shape index (κ1) is 33.1. The Hall–Kier alpha value is -4.85. The second-order valence-electron chi connectivity index (χ2n) is 10.8. The molecular formula is C31H33F4N5O5. The van der Waals surface area contributed by atoms with Crippen LogP contribution in [0.3, 0.4) is 0 Å². The molecule has 4 rings (SSSR count). The Kier molecular flexibility index (Phi) is 10.2.